The Hall–Kier alpha value is -2.42. The molecule has 0 heterocycles. The van der Waals surface area contributed by atoms with Crippen molar-refractivity contribution >= 4 is 11.9 Å². The number of nitrogens with zero attached hydrogens (tertiary/aromatic N) is 1. The highest BCUT2D eigenvalue weighted by Crippen LogP contribution is 2.05. The normalized spacial score (nSPS) is 11.4. The van der Waals surface area contributed by atoms with Crippen molar-refractivity contribution in [2.45, 2.75) is 25.3 Å². The van der Waals surface area contributed by atoms with Crippen molar-refractivity contribution in [3.8, 4) is 6.07 Å². The van der Waals surface area contributed by atoms with Crippen LogP contribution in [0.25, 0.3) is 0 Å². The molecule has 1 amide bonds. The number of unbranched alkanes of at least 4 members (excludes halogenated alkanes) is 1. The van der Waals surface area contributed by atoms with Crippen LogP contribution in [0.3, 0.4) is 0 Å². The highest BCUT2D eigenvalue weighted by atomic mass is 19.1. The molecule has 1 aromatic rings. The average molecular weight is 264 g/mol. The summed E-state index contributed by atoms with van der Waals surface area (Å²) in [7, 11) is 0. The van der Waals surface area contributed by atoms with Crippen molar-refractivity contribution < 1.29 is 19.1 Å². The summed E-state index contributed by atoms with van der Waals surface area (Å²) in [6.07, 6.45) is 0.795. The largest absolute Gasteiger partial charge is 0.480 e. The number of carbonyl (C=O) groups is 2. The third kappa shape index (κ3) is 4.76. The highest BCUT2D eigenvalue weighted by molar-refractivity contribution is 5.96. The van der Waals surface area contributed by atoms with E-state index in [1.54, 1.807) is 0 Å². The lowest BCUT2D eigenvalue weighted by Gasteiger charge is -2.13. The summed E-state index contributed by atoms with van der Waals surface area (Å²) in [6, 6.07) is 5.66. The van der Waals surface area contributed by atoms with Crippen LogP contribution in [-0.2, 0) is 4.79 Å². The van der Waals surface area contributed by atoms with E-state index in [0.717, 1.165) is 12.1 Å². The molecule has 0 unspecified atom stereocenters. The summed E-state index contributed by atoms with van der Waals surface area (Å²) >= 11 is 0. The third-order valence-electron chi connectivity index (χ3n) is 2.49. The molecule has 0 saturated carbocycles. The first kappa shape index (κ1) is 14.6. The maximum absolute atomic E-state index is 12.7. The first-order valence-corrected chi connectivity index (χ1v) is 5.70. The van der Waals surface area contributed by atoms with Crippen LogP contribution in [0.4, 0.5) is 4.39 Å². The van der Waals surface area contributed by atoms with Crippen molar-refractivity contribution in [2.24, 2.45) is 0 Å². The minimum absolute atomic E-state index is 0.176. The van der Waals surface area contributed by atoms with Gasteiger partial charge in [0.1, 0.15) is 11.9 Å². The van der Waals surface area contributed by atoms with Crippen LogP contribution in [0.15, 0.2) is 24.3 Å². The Labute approximate surface area is 109 Å². The number of hydrogen-bond donors (Lipinski definition) is 2. The predicted molar refractivity (Wildman–Crippen MR) is 64.8 cm³/mol. The maximum Gasteiger partial charge on any atom is 0.326 e. The monoisotopic (exact) mass is 264 g/mol. The first-order chi connectivity index (χ1) is 9.04. The zero-order chi connectivity index (χ0) is 14.3. The molecule has 5 nitrogen and oxygen atoms in total. The van der Waals surface area contributed by atoms with Crippen LogP contribution in [-0.4, -0.2) is 23.0 Å². The summed E-state index contributed by atoms with van der Waals surface area (Å²) in [4.78, 5) is 22.7. The second-order valence-corrected chi connectivity index (χ2v) is 3.92. The first-order valence-electron chi connectivity index (χ1n) is 5.70. The number of carbonyl (C=O) groups excluding carboxylic acids is 1. The number of nitriles is 1. The van der Waals surface area contributed by atoms with Gasteiger partial charge in [0.15, 0.2) is 0 Å². The van der Waals surface area contributed by atoms with Crippen molar-refractivity contribution in [1.82, 2.24) is 5.32 Å². The quantitative estimate of drug-likeness (QED) is 0.765. The standard InChI is InChI=1S/C13H13FN2O3/c14-10-6-4-9(5-7-10)12(17)16-11(13(18)19)3-1-2-8-15/h4-7,11H,1-3H2,(H,16,17)(H,18,19)/t11-/m0/s1. The fourth-order valence-corrected chi connectivity index (χ4v) is 1.49. The molecular formula is C13H13FN2O3. The Balaban J connectivity index is 2.63. The molecule has 1 rings (SSSR count). The van der Waals surface area contributed by atoms with Gasteiger partial charge in [0.05, 0.1) is 6.07 Å². The van der Waals surface area contributed by atoms with Gasteiger partial charge in [0, 0.05) is 12.0 Å². The van der Waals surface area contributed by atoms with E-state index >= 15 is 0 Å². The minimum Gasteiger partial charge on any atom is -0.480 e. The molecule has 2 N–H and O–H groups in total. The minimum atomic E-state index is -1.16. The van der Waals surface area contributed by atoms with Crippen molar-refractivity contribution in [3.63, 3.8) is 0 Å². The van der Waals surface area contributed by atoms with Gasteiger partial charge in [0.25, 0.3) is 5.91 Å². The fraction of sp³-hybridized carbons (Fsp3) is 0.308. The molecule has 0 saturated heterocycles. The summed E-state index contributed by atoms with van der Waals surface area (Å²) in [5.41, 5.74) is 0.188. The fourth-order valence-electron chi connectivity index (χ4n) is 1.49. The molecule has 6 heteroatoms. The highest BCUT2D eigenvalue weighted by Gasteiger charge is 2.20. The number of carboxylic acid groups (broad SMARTS) is 1. The van der Waals surface area contributed by atoms with E-state index in [9.17, 15) is 14.0 Å². The second kappa shape index (κ2) is 7.11. The van der Waals surface area contributed by atoms with Gasteiger partial charge in [-0.2, -0.15) is 5.26 Å². The summed E-state index contributed by atoms with van der Waals surface area (Å²) < 4.78 is 12.7. The van der Waals surface area contributed by atoms with Crippen LogP contribution in [0.5, 0.6) is 0 Å². The number of hydrogen-bond acceptors (Lipinski definition) is 3. The third-order valence-corrected chi connectivity index (χ3v) is 2.49. The van der Waals surface area contributed by atoms with E-state index in [2.05, 4.69) is 5.32 Å². The van der Waals surface area contributed by atoms with Crippen LogP contribution in [0, 0.1) is 17.1 Å². The Kier molecular flexibility index (Phi) is 5.48. The molecular weight excluding hydrogens is 251 g/mol. The molecule has 1 aromatic carbocycles. The number of benzene rings is 1. The average Bonchev–Trinajstić information content (AvgIpc) is 2.38. The van der Waals surface area contributed by atoms with Crippen LogP contribution >= 0.6 is 0 Å². The lowest BCUT2D eigenvalue weighted by molar-refractivity contribution is -0.139. The van der Waals surface area contributed by atoms with Gasteiger partial charge < -0.3 is 10.4 Å². The number of carboxylic acids is 1. The second-order valence-electron chi connectivity index (χ2n) is 3.92. The van der Waals surface area contributed by atoms with Crippen molar-refractivity contribution in [1.29, 1.82) is 5.26 Å². The van der Waals surface area contributed by atoms with Crippen LogP contribution in [0.2, 0.25) is 0 Å². The molecule has 0 fully saturated rings. The summed E-state index contributed by atoms with van der Waals surface area (Å²) in [6.45, 7) is 0. The van der Waals surface area contributed by atoms with Crippen LogP contribution in [0.1, 0.15) is 29.6 Å². The van der Waals surface area contributed by atoms with Gasteiger partial charge >= 0.3 is 5.97 Å². The smallest absolute Gasteiger partial charge is 0.326 e. The van der Waals surface area contributed by atoms with Gasteiger partial charge in [-0.15, -0.1) is 0 Å². The topological polar surface area (TPSA) is 90.2 Å². The Morgan fingerprint density at radius 2 is 2.00 bits per heavy atom. The number of nitrogens with one attached hydrogen (secondary N) is 1. The number of aliphatic carboxylic acids is 1. The lowest BCUT2D eigenvalue weighted by Crippen LogP contribution is -2.40. The van der Waals surface area contributed by atoms with Gasteiger partial charge in [-0.1, -0.05) is 0 Å². The Bertz CT molecular complexity index is 494. The molecule has 0 aliphatic carbocycles. The van der Waals surface area contributed by atoms with Crippen LogP contribution < -0.4 is 5.32 Å². The van der Waals surface area contributed by atoms with Gasteiger partial charge in [0.2, 0.25) is 0 Å². The number of halogens is 1. The molecule has 0 radical (unpaired) electrons. The van der Waals surface area contributed by atoms with Crippen molar-refractivity contribution in [2.75, 3.05) is 0 Å². The molecule has 0 aliphatic rings. The number of rotatable bonds is 6. The molecule has 0 spiro atoms. The molecule has 0 aliphatic heterocycles. The van der Waals surface area contributed by atoms with E-state index in [1.165, 1.54) is 12.1 Å². The van der Waals surface area contributed by atoms with E-state index in [1.807, 2.05) is 6.07 Å². The summed E-state index contributed by atoms with van der Waals surface area (Å²) in [5.74, 6) is -2.21. The molecule has 0 aromatic heterocycles. The maximum atomic E-state index is 12.7. The van der Waals surface area contributed by atoms with E-state index in [0.29, 0.717) is 6.42 Å². The van der Waals surface area contributed by atoms with Crippen molar-refractivity contribution in [3.05, 3.63) is 35.6 Å². The van der Waals surface area contributed by atoms with Gasteiger partial charge in [-0.3, -0.25) is 4.79 Å². The summed E-state index contributed by atoms with van der Waals surface area (Å²) in [5, 5.41) is 19.7. The molecule has 0 bridgehead atoms. The van der Waals surface area contributed by atoms with Gasteiger partial charge in [-0.25, -0.2) is 9.18 Å². The Morgan fingerprint density at radius 1 is 1.37 bits per heavy atom. The number of amides is 1. The van der Waals surface area contributed by atoms with E-state index < -0.39 is 23.7 Å². The zero-order valence-corrected chi connectivity index (χ0v) is 10.1. The Morgan fingerprint density at radius 3 is 2.53 bits per heavy atom. The molecule has 100 valence electrons. The molecule has 19 heavy (non-hydrogen) atoms. The lowest BCUT2D eigenvalue weighted by atomic mass is 10.1. The molecule has 1 atom stereocenters. The van der Waals surface area contributed by atoms with E-state index in [-0.39, 0.29) is 18.4 Å². The SMILES string of the molecule is N#CCCC[C@H](NC(=O)c1ccc(F)cc1)C(=O)O. The van der Waals surface area contributed by atoms with Gasteiger partial charge in [-0.05, 0) is 37.1 Å². The van der Waals surface area contributed by atoms with E-state index in [4.69, 9.17) is 10.4 Å². The zero-order valence-electron chi connectivity index (χ0n) is 10.1. The predicted octanol–water partition coefficient (Wildman–Crippen LogP) is 1.70.